The van der Waals surface area contributed by atoms with Crippen molar-refractivity contribution < 1.29 is 13.9 Å². The molecule has 0 N–H and O–H groups in total. The summed E-state index contributed by atoms with van der Waals surface area (Å²) in [5, 5.41) is 11.7. The van der Waals surface area contributed by atoms with Gasteiger partial charge in [-0.25, -0.2) is 4.99 Å². The number of nitriles is 1. The number of furan rings is 1. The van der Waals surface area contributed by atoms with Gasteiger partial charge in [0.05, 0.1) is 11.6 Å². The quantitative estimate of drug-likeness (QED) is 0.273. The van der Waals surface area contributed by atoms with Gasteiger partial charge in [0.25, 0.3) is 0 Å². The molecule has 0 radical (unpaired) electrons. The summed E-state index contributed by atoms with van der Waals surface area (Å²) >= 11 is 3.59. The van der Waals surface area contributed by atoms with Gasteiger partial charge in [0.1, 0.15) is 24.0 Å². The van der Waals surface area contributed by atoms with Crippen LogP contribution in [0.15, 0.2) is 68.5 Å². The zero-order valence-corrected chi connectivity index (χ0v) is 19.6. The van der Waals surface area contributed by atoms with Crippen molar-refractivity contribution in [1.82, 2.24) is 0 Å². The SMILES string of the molecule is COc1cc(C=Nc2oc(C)c(C)c2C#N)cc(Br)c1OCc1cccc2ccccc12. The third-order valence-electron chi connectivity index (χ3n) is 5.31. The number of aliphatic imine (C=N–C) groups is 1. The Kier molecular flexibility index (Phi) is 6.29. The number of hydrogen-bond acceptors (Lipinski definition) is 5. The van der Waals surface area contributed by atoms with E-state index in [9.17, 15) is 5.26 Å². The van der Waals surface area contributed by atoms with E-state index in [-0.39, 0.29) is 0 Å². The number of benzene rings is 3. The molecule has 0 aliphatic heterocycles. The minimum absolute atomic E-state index is 0.300. The van der Waals surface area contributed by atoms with Gasteiger partial charge in [0, 0.05) is 11.8 Å². The van der Waals surface area contributed by atoms with E-state index in [4.69, 9.17) is 13.9 Å². The summed E-state index contributed by atoms with van der Waals surface area (Å²) in [5.41, 5.74) is 3.12. The van der Waals surface area contributed by atoms with E-state index in [1.54, 1.807) is 13.3 Å². The monoisotopic (exact) mass is 488 g/mol. The van der Waals surface area contributed by atoms with E-state index in [0.717, 1.165) is 26.5 Å². The number of aryl methyl sites for hydroxylation is 1. The summed E-state index contributed by atoms with van der Waals surface area (Å²) in [6.07, 6.45) is 1.64. The molecular weight excluding hydrogens is 468 g/mol. The third kappa shape index (κ3) is 4.25. The second kappa shape index (κ2) is 9.29. The summed E-state index contributed by atoms with van der Waals surface area (Å²) in [6.45, 7) is 4.06. The first-order valence-electron chi connectivity index (χ1n) is 10.0. The number of methoxy groups -OCH3 is 1. The van der Waals surface area contributed by atoms with Crippen molar-refractivity contribution >= 4 is 38.8 Å². The van der Waals surface area contributed by atoms with Crippen molar-refractivity contribution in [3.05, 3.63) is 87.1 Å². The summed E-state index contributed by atoms with van der Waals surface area (Å²) in [7, 11) is 1.60. The van der Waals surface area contributed by atoms with E-state index in [2.05, 4.69) is 51.3 Å². The van der Waals surface area contributed by atoms with Crippen molar-refractivity contribution in [2.45, 2.75) is 20.5 Å². The second-order valence-corrected chi connectivity index (χ2v) is 8.15. The van der Waals surface area contributed by atoms with Crippen LogP contribution in [0.4, 0.5) is 5.88 Å². The predicted octanol–water partition coefficient (Wildman–Crippen LogP) is 7.02. The van der Waals surface area contributed by atoms with Crippen molar-refractivity contribution in [2.24, 2.45) is 4.99 Å². The van der Waals surface area contributed by atoms with Crippen molar-refractivity contribution in [3.8, 4) is 17.6 Å². The lowest BCUT2D eigenvalue weighted by Gasteiger charge is -2.14. The van der Waals surface area contributed by atoms with Crippen LogP contribution in [0.2, 0.25) is 0 Å². The molecule has 1 aromatic heterocycles. The molecule has 0 unspecified atom stereocenters. The molecule has 0 saturated heterocycles. The van der Waals surface area contributed by atoms with Gasteiger partial charge < -0.3 is 13.9 Å². The molecule has 0 aliphatic carbocycles. The molecule has 0 saturated carbocycles. The van der Waals surface area contributed by atoms with Gasteiger partial charge in [0.2, 0.25) is 5.88 Å². The topological polar surface area (TPSA) is 67.8 Å². The maximum Gasteiger partial charge on any atom is 0.237 e. The molecule has 6 heteroatoms. The molecule has 5 nitrogen and oxygen atoms in total. The van der Waals surface area contributed by atoms with Crippen LogP contribution in [0.1, 0.15) is 28.0 Å². The number of halogens is 1. The Morgan fingerprint density at radius 2 is 1.91 bits per heavy atom. The molecule has 160 valence electrons. The number of fused-ring (bicyclic) bond motifs is 1. The summed E-state index contributed by atoms with van der Waals surface area (Å²) in [6, 6.07) is 20.3. The largest absolute Gasteiger partial charge is 0.493 e. The van der Waals surface area contributed by atoms with Gasteiger partial charge >= 0.3 is 0 Å². The van der Waals surface area contributed by atoms with Crippen LogP contribution in [0, 0.1) is 25.2 Å². The van der Waals surface area contributed by atoms with E-state index >= 15 is 0 Å². The van der Waals surface area contributed by atoms with Gasteiger partial charge in [0.15, 0.2) is 11.5 Å². The maximum absolute atomic E-state index is 9.36. The lowest BCUT2D eigenvalue weighted by molar-refractivity contribution is 0.283. The zero-order chi connectivity index (χ0) is 22.7. The molecule has 0 bridgehead atoms. The van der Waals surface area contributed by atoms with Gasteiger partial charge in [-0.2, -0.15) is 5.26 Å². The van der Waals surface area contributed by atoms with Gasteiger partial charge in [-0.05, 0) is 63.8 Å². The van der Waals surface area contributed by atoms with E-state index in [0.29, 0.717) is 35.3 Å². The number of nitrogens with zero attached hydrogens (tertiary/aromatic N) is 2. The third-order valence-corrected chi connectivity index (χ3v) is 5.90. The van der Waals surface area contributed by atoms with Crippen LogP contribution in [-0.2, 0) is 6.61 Å². The average Bonchev–Trinajstić information content (AvgIpc) is 3.09. The average molecular weight is 489 g/mol. The molecule has 4 rings (SSSR count). The Morgan fingerprint density at radius 1 is 1.12 bits per heavy atom. The highest BCUT2D eigenvalue weighted by Crippen LogP contribution is 2.37. The molecule has 3 aromatic carbocycles. The fourth-order valence-electron chi connectivity index (χ4n) is 3.49. The fourth-order valence-corrected chi connectivity index (χ4v) is 4.06. The van der Waals surface area contributed by atoms with E-state index in [1.165, 1.54) is 5.39 Å². The lowest BCUT2D eigenvalue weighted by atomic mass is 10.1. The number of rotatable bonds is 6. The standard InChI is InChI=1S/C26H21BrN2O3/c1-16-17(2)32-26(22(16)13-28)29-14-18-11-23(27)25(24(12-18)30-3)31-15-20-9-6-8-19-7-4-5-10-21(19)20/h4-12,14H,15H2,1-3H3. The smallest absolute Gasteiger partial charge is 0.237 e. The Hall–Kier alpha value is -3.56. The van der Waals surface area contributed by atoms with Crippen LogP contribution >= 0.6 is 15.9 Å². The zero-order valence-electron chi connectivity index (χ0n) is 18.0. The molecular formula is C26H21BrN2O3. The summed E-state index contributed by atoms with van der Waals surface area (Å²) in [4.78, 5) is 4.37. The van der Waals surface area contributed by atoms with Crippen LogP contribution in [0.5, 0.6) is 11.5 Å². The minimum atomic E-state index is 0.300. The summed E-state index contributed by atoms with van der Waals surface area (Å²) in [5.74, 6) is 2.17. The maximum atomic E-state index is 9.36. The molecule has 32 heavy (non-hydrogen) atoms. The Bertz CT molecular complexity index is 1360. The highest BCUT2D eigenvalue weighted by atomic mass is 79.9. The van der Waals surface area contributed by atoms with Gasteiger partial charge in [-0.1, -0.05) is 42.5 Å². The first kappa shape index (κ1) is 21.7. The lowest BCUT2D eigenvalue weighted by Crippen LogP contribution is -2.00. The highest BCUT2D eigenvalue weighted by molar-refractivity contribution is 9.10. The van der Waals surface area contributed by atoms with E-state index < -0.39 is 0 Å². The van der Waals surface area contributed by atoms with Gasteiger partial charge in [-0.3, -0.25) is 0 Å². The molecule has 1 heterocycles. The first-order chi connectivity index (χ1) is 15.5. The Balaban J connectivity index is 1.60. The molecule has 0 atom stereocenters. The highest BCUT2D eigenvalue weighted by Gasteiger charge is 2.15. The Morgan fingerprint density at radius 3 is 2.69 bits per heavy atom. The Labute approximate surface area is 195 Å². The molecule has 0 aliphatic rings. The predicted molar refractivity (Wildman–Crippen MR) is 129 cm³/mol. The van der Waals surface area contributed by atoms with Gasteiger partial charge in [-0.15, -0.1) is 0 Å². The second-order valence-electron chi connectivity index (χ2n) is 7.29. The number of ether oxygens (including phenoxy) is 2. The van der Waals surface area contributed by atoms with Crippen LogP contribution in [-0.4, -0.2) is 13.3 Å². The van der Waals surface area contributed by atoms with Crippen molar-refractivity contribution in [3.63, 3.8) is 0 Å². The minimum Gasteiger partial charge on any atom is -0.493 e. The van der Waals surface area contributed by atoms with Crippen LogP contribution < -0.4 is 9.47 Å². The molecule has 0 spiro atoms. The molecule has 0 amide bonds. The normalized spacial score (nSPS) is 11.1. The van der Waals surface area contributed by atoms with E-state index in [1.807, 2.05) is 44.2 Å². The fraction of sp³-hybridized carbons (Fsp3) is 0.154. The molecule has 0 fully saturated rings. The summed E-state index contributed by atoms with van der Waals surface area (Å²) < 4.78 is 18.1. The van der Waals surface area contributed by atoms with Crippen molar-refractivity contribution in [2.75, 3.05) is 7.11 Å². The van der Waals surface area contributed by atoms with Crippen LogP contribution in [0.3, 0.4) is 0 Å². The first-order valence-corrected chi connectivity index (χ1v) is 10.8. The number of hydrogen-bond donors (Lipinski definition) is 0. The van der Waals surface area contributed by atoms with Crippen molar-refractivity contribution in [1.29, 1.82) is 5.26 Å². The molecule has 4 aromatic rings. The van der Waals surface area contributed by atoms with Crippen LogP contribution in [0.25, 0.3) is 10.8 Å².